The maximum absolute atomic E-state index is 10.2. The van der Waals surface area contributed by atoms with Gasteiger partial charge in [0.25, 0.3) is 0 Å². The van der Waals surface area contributed by atoms with E-state index in [9.17, 15) is 5.11 Å². The molecule has 1 saturated heterocycles. The first kappa shape index (κ1) is 12.6. The molecule has 94 valence electrons. The average molecular weight is 233 g/mol. The summed E-state index contributed by atoms with van der Waals surface area (Å²) in [6.45, 7) is 3.29. The van der Waals surface area contributed by atoms with Gasteiger partial charge in [-0.1, -0.05) is 37.6 Å². The Morgan fingerprint density at radius 2 is 2.12 bits per heavy atom. The fourth-order valence-electron chi connectivity index (χ4n) is 2.56. The van der Waals surface area contributed by atoms with Gasteiger partial charge in [-0.05, 0) is 43.4 Å². The van der Waals surface area contributed by atoms with Crippen LogP contribution < -0.4 is 5.32 Å². The fraction of sp³-hybridized carbons (Fsp3) is 0.600. The van der Waals surface area contributed by atoms with E-state index in [4.69, 9.17) is 0 Å². The highest BCUT2D eigenvalue weighted by Gasteiger charge is 2.18. The summed E-state index contributed by atoms with van der Waals surface area (Å²) in [6.07, 6.45) is 5.26. The van der Waals surface area contributed by atoms with Crippen LogP contribution in [0.25, 0.3) is 0 Å². The van der Waals surface area contributed by atoms with Crippen LogP contribution in [0.5, 0.6) is 0 Å². The summed E-state index contributed by atoms with van der Waals surface area (Å²) in [6, 6.07) is 8.93. The van der Waals surface area contributed by atoms with Gasteiger partial charge in [0.1, 0.15) is 0 Å². The second-order valence-electron chi connectivity index (χ2n) is 5.04. The highest BCUT2D eigenvalue weighted by atomic mass is 16.3. The maximum Gasteiger partial charge on any atom is 0.0804 e. The van der Waals surface area contributed by atoms with Gasteiger partial charge in [0.2, 0.25) is 0 Å². The van der Waals surface area contributed by atoms with Gasteiger partial charge in [-0.15, -0.1) is 0 Å². The maximum atomic E-state index is 10.2. The quantitative estimate of drug-likeness (QED) is 0.819. The molecule has 1 fully saturated rings. The Hall–Kier alpha value is -0.860. The van der Waals surface area contributed by atoms with Gasteiger partial charge in [-0.3, -0.25) is 0 Å². The van der Waals surface area contributed by atoms with Crippen LogP contribution in [0.4, 0.5) is 0 Å². The van der Waals surface area contributed by atoms with Crippen LogP contribution >= 0.6 is 0 Å². The normalized spacial score (nSPS) is 21.6. The highest BCUT2D eigenvalue weighted by molar-refractivity contribution is 5.24. The zero-order chi connectivity index (χ0) is 12.1. The molecule has 0 radical (unpaired) electrons. The summed E-state index contributed by atoms with van der Waals surface area (Å²) in [7, 11) is 0. The number of benzene rings is 1. The smallest absolute Gasteiger partial charge is 0.0804 e. The lowest BCUT2D eigenvalue weighted by molar-refractivity contribution is 0.154. The van der Waals surface area contributed by atoms with Gasteiger partial charge in [-0.2, -0.15) is 0 Å². The topological polar surface area (TPSA) is 32.3 Å². The van der Waals surface area contributed by atoms with Crippen molar-refractivity contribution in [3.63, 3.8) is 0 Å². The Morgan fingerprint density at radius 1 is 1.35 bits per heavy atom. The second-order valence-corrected chi connectivity index (χ2v) is 5.04. The standard InChI is InChI=1S/C15H23NO/c1-2-4-12-6-8-13(9-7-12)15(17)11-14-5-3-10-16-14/h6-9,14-17H,2-5,10-11H2,1H3. The molecule has 2 unspecified atom stereocenters. The molecule has 1 aromatic rings. The molecule has 1 aliphatic rings. The van der Waals surface area contributed by atoms with Crippen LogP contribution in [0.1, 0.15) is 49.8 Å². The molecule has 1 aliphatic heterocycles. The molecular weight excluding hydrogens is 210 g/mol. The average Bonchev–Trinajstić information content (AvgIpc) is 2.83. The lowest BCUT2D eigenvalue weighted by atomic mass is 9.99. The molecule has 2 N–H and O–H groups in total. The Morgan fingerprint density at radius 3 is 2.71 bits per heavy atom. The first-order chi connectivity index (χ1) is 8.29. The lowest BCUT2D eigenvalue weighted by Crippen LogP contribution is -2.23. The van der Waals surface area contributed by atoms with E-state index in [2.05, 4.69) is 36.5 Å². The van der Waals surface area contributed by atoms with Gasteiger partial charge < -0.3 is 10.4 Å². The van der Waals surface area contributed by atoms with Crippen molar-refractivity contribution in [2.75, 3.05) is 6.54 Å². The van der Waals surface area contributed by atoms with E-state index < -0.39 is 0 Å². The number of nitrogens with one attached hydrogen (secondary N) is 1. The van der Waals surface area contributed by atoms with Crippen molar-refractivity contribution in [3.8, 4) is 0 Å². The van der Waals surface area contributed by atoms with Crippen molar-refractivity contribution in [3.05, 3.63) is 35.4 Å². The molecule has 2 nitrogen and oxygen atoms in total. The third kappa shape index (κ3) is 3.55. The van der Waals surface area contributed by atoms with Gasteiger partial charge in [0.05, 0.1) is 6.10 Å². The van der Waals surface area contributed by atoms with Crippen LogP contribution in [0.2, 0.25) is 0 Å². The second kappa shape index (κ2) is 6.18. The van der Waals surface area contributed by atoms with Crippen LogP contribution in [0, 0.1) is 0 Å². The first-order valence-electron chi connectivity index (χ1n) is 6.80. The minimum absolute atomic E-state index is 0.318. The van der Waals surface area contributed by atoms with E-state index in [0.29, 0.717) is 6.04 Å². The summed E-state index contributed by atoms with van der Waals surface area (Å²) in [5.74, 6) is 0. The Bertz CT molecular complexity index is 327. The summed E-state index contributed by atoms with van der Waals surface area (Å²) in [5, 5.41) is 13.6. The molecule has 0 aromatic heterocycles. The largest absolute Gasteiger partial charge is 0.388 e. The number of aliphatic hydroxyl groups excluding tert-OH is 1. The van der Waals surface area contributed by atoms with E-state index in [1.807, 2.05) is 0 Å². The SMILES string of the molecule is CCCc1ccc(C(O)CC2CCCN2)cc1. The molecule has 17 heavy (non-hydrogen) atoms. The molecule has 0 aliphatic carbocycles. The Kier molecular flexibility index (Phi) is 4.57. The number of aliphatic hydroxyl groups is 1. The number of aryl methyl sites for hydroxylation is 1. The summed E-state index contributed by atoms with van der Waals surface area (Å²) < 4.78 is 0. The molecule has 0 bridgehead atoms. The van der Waals surface area contributed by atoms with Crippen molar-refractivity contribution in [1.82, 2.24) is 5.32 Å². The van der Waals surface area contributed by atoms with E-state index >= 15 is 0 Å². The van der Waals surface area contributed by atoms with Crippen LogP contribution in [0.3, 0.4) is 0 Å². The zero-order valence-electron chi connectivity index (χ0n) is 10.7. The number of hydrogen-bond donors (Lipinski definition) is 2. The van der Waals surface area contributed by atoms with Crippen molar-refractivity contribution < 1.29 is 5.11 Å². The molecule has 1 aromatic carbocycles. The van der Waals surface area contributed by atoms with Crippen molar-refractivity contribution in [1.29, 1.82) is 0 Å². The molecule has 2 heteroatoms. The predicted octanol–water partition coefficient (Wildman–Crippen LogP) is 2.81. The van der Waals surface area contributed by atoms with E-state index in [1.54, 1.807) is 0 Å². The summed E-state index contributed by atoms with van der Waals surface area (Å²) in [4.78, 5) is 0. The molecule has 2 atom stereocenters. The van der Waals surface area contributed by atoms with Gasteiger partial charge >= 0.3 is 0 Å². The molecule has 0 saturated carbocycles. The van der Waals surface area contributed by atoms with E-state index in [-0.39, 0.29) is 6.10 Å². The van der Waals surface area contributed by atoms with Crippen molar-refractivity contribution in [2.24, 2.45) is 0 Å². The molecule has 0 amide bonds. The van der Waals surface area contributed by atoms with Gasteiger partial charge in [0, 0.05) is 6.04 Å². The van der Waals surface area contributed by atoms with E-state index in [1.165, 1.54) is 24.8 Å². The van der Waals surface area contributed by atoms with Crippen LogP contribution in [0.15, 0.2) is 24.3 Å². The Labute approximate surface area is 104 Å². The first-order valence-corrected chi connectivity index (χ1v) is 6.80. The lowest BCUT2D eigenvalue weighted by Gasteiger charge is -2.16. The highest BCUT2D eigenvalue weighted by Crippen LogP contribution is 2.22. The zero-order valence-corrected chi connectivity index (χ0v) is 10.7. The fourth-order valence-corrected chi connectivity index (χ4v) is 2.56. The molecular formula is C15H23NO. The van der Waals surface area contributed by atoms with Crippen LogP contribution in [-0.2, 0) is 6.42 Å². The van der Waals surface area contributed by atoms with Gasteiger partial charge in [-0.25, -0.2) is 0 Å². The Balaban J connectivity index is 1.91. The monoisotopic (exact) mass is 233 g/mol. The van der Waals surface area contributed by atoms with Crippen LogP contribution in [-0.4, -0.2) is 17.7 Å². The van der Waals surface area contributed by atoms with E-state index in [0.717, 1.165) is 24.9 Å². The number of hydrogen-bond acceptors (Lipinski definition) is 2. The van der Waals surface area contributed by atoms with Crippen molar-refractivity contribution in [2.45, 2.75) is 51.2 Å². The minimum atomic E-state index is -0.318. The summed E-state index contributed by atoms with van der Waals surface area (Å²) >= 11 is 0. The van der Waals surface area contributed by atoms with Crippen molar-refractivity contribution >= 4 is 0 Å². The number of rotatable bonds is 5. The third-order valence-electron chi connectivity index (χ3n) is 3.57. The molecule has 2 rings (SSSR count). The predicted molar refractivity (Wildman–Crippen MR) is 71.0 cm³/mol. The molecule has 0 spiro atoms. The summed E-state index contributed by atoms with van der Waals surface area (Å²) in [5.41, 5.74) is 2.42. The third-order valence-corrected chi connectivity index (χ3v) is 3.57. The molecule has 1 heterocycles. The minimum Gasteiger partial charge on any atom is -0.388 e. The van der Waals surface area contributed by atoms with Gasteiger partial charge in [0.15, 0.2) is 0 Å².